The van der Waals surface area contributed by atoms with Crippen LogP contribution in [0.3, 0.4) is 0 Å². The van der Waals surface area contributed by atoms with Gasteiger partial charge in [0.05, 0.1) is 0 Å². The first kappa shape index (κ1) is 13.5. The molecule has 0 aliphatic heterocycles. The molecule has 0 N–H and O–H groups in total. The highest BCUT2D eigenvalue weighted by atomic mass is 14.2. The molecule has 1 aliphatic rings. The number of rotatable bonds is 6. The van der Waals surface area contributed by atoms with Crippen LogP contribution in [0.4, 0.5) is 0 Å². The van der Waals surface area contributed by atoms with Crippen molar-refractivity contribution >= 4 is 0 Å². The van der Waals surface area contributed by atoms with Crippen molar-refractivity contribution in [2.75, 3.05) is 0 Å². The van der Waals surface area contributed by atoms with E-state index in [0.29, 0.717) is 0 Å². The molecule has 16 heavy (non-hydrogen) atoms. The quantitative estimate of drug-likeness (QED) is 0.518. The smallest absolute Gasteiger partial charge is 0.0348 e. The summed E-state index contributed by atoms with van der Waals surface area (Å²) >= 11 is 0. The highest BCUT2D eigenvalue weighted by Crippen LogP contribution is 2.33. The molecule has 0 atom stereocenters. The molecule has 0 aromatic carbocycles. The highest BCUT2D eigenvalue weighted by Gasteiger charge is 2.19. The lowest BCUT2D eigenvalue weighted by molar-refractivity contribution is 0.255. The van der Waals surface area contributed by atoms with Gasteiger partial charge in [0.1, 0.15) is 0 Å². The molecule has 1 rings (SSSR count). The van der Waals surface area contributed by atoms with Gasteiger partial charge in [-0.25, -0.2) is 0 Å². The average molecular weight is 220 g/mol. The van der Waals surface area contributed by atoms with Crippen LogP contribution < -0.4 is 0 Å². The second-order valence-electron chi connectivity index (χ2n) is 5.18. The predicted molar refractivity (Wildman–Crippen MR) is 73.5 cm³/mol. The number of allylic oxidation sites excluding steroid dienone is 4. The second kappa shape index (κ2) is 8.61. The second-order valence-corrected chi connectivity index (χ2v) is 5.18. The Morgan fingerprint density at radius 2 is 1.12 bits per heavy atom. The summed E-state index contributed by atoms with van der Waals surface area (Å²) in [4.78, 5) is 0. The van der Waals surface area contributed by atoms with Gasteiger partial charge in [0.2, 0.25) is 0 Å². The maximum absolute atomic E-state index is 2.32. The summed E-state index contributed by atoms with van der Waals surface area (Å²) in [6.45, 7) is 4.25. The maximum Gasteiger partial charge on any atom is -0.0348 e. The highest BCUT2D eigenvalue weighted by molar-refractivity contribution is 4.82. The minimum Gasteiger partial charge on any atom is -0.0917 e. The van der Waals surface area contributed by atoms with Crippen molar-refractivity contribution < 1.29 is 0 Å². The van der Waals surface area contributed by atoms with Crippen molar-refractivity contribution in [1.29, 1.82) is 0 Å². The van der Waals surface area contributed by atoms with Gasteiger partial charge in [0, 0.05) is 0 Å². The molecule has 0 bridgehead atoms. The summed E-state index contributed by atoms with van der Waals surface area (Å²) < 4.78 is 0. The van der Waals surface area contributed by atoms with Crippen LogP contribution in [0.25, 0.3) is 0 Å². The van der Waals surface area contributed by atoms with Crippen LogP contribution in [0.5, 0.6) is 0 Å². The third kappa shape index (κ3) is 5.53. The van der Waals surface area contributed by atoms with E-state index >= 15 is 0 Å². The van der Waals surface area contributed by atoms with Gasteiger partial charge in [-0.05, 0) is 51.4 Å². The fraction of sp³-hybridized carbons (Fsp3) is 0.750. The van der Waals surface area contributed by atoms with Crippen molar-refractivity contribution in [3.05, 3.63) is 24.3 Å². The Kier molecular flexibility index (Phi) is 7.29. The van der Waals surface area contributed by atoms with Crippen molar-refractivity contribution in [1.82, 2.24) is 0 Å². The van der Waals surface area contributed by atoms with Crippen molar-refractivity contribution in [3.63, 3.8) is 0 Å². The molecule has 0 spiro atoms. The first-order valence-electron chi connectivity index (χ1n) is 7.09. The van der Waals surface area contributed by atoms with E-state index in [1.165, 1.54) is 51.4 Å². The molecule has 0 heterocycles. The van der Waals surface area contributed by atoms with Gasteiger partial charge in [0.15, 0.2) is 0 Å². The van der Waals surface area contributed by atoms with Gasteiger partial charge in [-0.15, -0.1) is 0 Å². The van der Waals surface area contributed by atoms with E-state index in [0.717, 1.165) is 11.8 Å². The zero-order chi connectivity index (χ0) is 11.6. The Hall–Kier alpha value is -0.520. The van der Waals surface area contributed by atoms with Crippen LogP contribution in [0.2, 0.25) is 0 Å². The van der Waals surface area contributed by atoms with Crippen LogP contribution in [-0.2, 0) is 0 Å². The molecule has 0 saturated heterocycles. The van der Waals surface area contributed by atoms with Crippen LogP contribution in [0, 0.1) is 11.8 Å². The molecule has 0 aromatic heterocycles. The van der Waals surface area contributed by atoms with Gasteiger partial charge in [-0.2, -0.15) is 0 Å². The Labute approximate surface area is 102 Å². The van der Waals surface area contributed by atoms with Crippen LogP contribution in [0.15, 0.2) is 24.3 Å². The maximum atomic E-state index is 2.32. The molecular weight excluding hydrogens is 192 g/mol. The number of hydrogen-bond acceptors (Lipinski definition) is 0. The molecule has 0 heteroatoms. The minimum atomic E-state index is 1.02. The molecular formula is C16H28. The Morgan fingerprint density at radius 3 is 1.44 bits per heavy atom. The lowest BCUT2D eigenvalue weighted by Gasteiger charge is -2.28. The van der Waals surface area contributed by atoms with Crippen LogP contribution in [0.1, 0.15) is 65.2 Å². The van der Waals surface area contributed by atoms with Gasteiger partial charge in [-0.1, -0.05) is 50.0 Å². The predicted octanol–water partition coefficient (Wildman–Crippen LogP) is 5.51. The monoisotopic (exact) mass is 220 g/mol. The fourth-order valence-corrected chi connectivity index (χ4v) is 2.81. The zero-order valence-corrected chi connectivity index (χ0v) is 11.1. The van der Waals surface area contributed by atoms with E-state index < -0.39 is 0 Å². The van der Waals surface area contributed by atoms with Gasteiger partial charge in [-0.3, -0.25) is 0 Å². The third-order valence-electron chi connectivity index (χ3n) is 3.92. The topological polar surface area (TPSA) is 0 Å². The number of hydrogen-bond donors (Lipinski definition) is 0. The van der Waals surface area contributed by atoms with Crippen molar-refractivity contribution in [2.45, 2.75) is 65.2 Å². The van der Waals surface area contributed by atoms with Gasteiger partial charge in [0.25, 0.3) is 0 Å². The van der Waals surface area contributed by atoms with E-state index in [2.05, 4.69) is 38.2 Å². The third-order valence-corrected chi connectivity index (χ3v) is 3.92. The first-order chi connectivity index (χ1) is 7.86. The molecule has 0 nitrogen and oxygen atoms in total. The van der Waals surface area contributed by atoms with Gasteiger partial charge >= 0.3 is 0 Å². The first-order valence-corrected chi connectivity index (χ1v) is 7.09. The SMILES string of the molecule is C/C=C/CCC1CCC(CC/C=C/C)CC1. The zero-order valence-electron chi connectivity index (χ0n) is 11.1. The van der Waals surface area contributed by atoms with E-state index in [4.69, 9.17) is 0 Å². The van der Waals surface area contributed by atoms with E-state index in [1.54, 1.807) is 0 Å². The molecule has 92 valence electrons. The van der Waals surface area contributed by atoms with Crippen molar-refractivity contribution in [2.24, 2.45) is 11.8 Å². The molecule has 0 radical (unpaired) electrons. The summed E-state index contributed by atoms with van der Waals surface area (Å²) in [5.74, 6) is 2.04. The Morgan fingerprint density at radius 1 is 0.750 bits per heavy atom. The lowest BCUT2D eigenvalue weighted by atomic mass is 9.78. The molecule has 1 fully saturated rings. The van der Waals surface area contributed by atoms with Crippen LogP contribution >= 0.6 is 0 Å². The minimum absolute atomic E-state index is 1.02. The van der Waals surface area contributed by atoms with E-state index in [-0.39, 0.29) is 0 Å². The van der Waals surface area contributed by atoms with E-state index in [1.807, 2.05) is 0 Å². The van der Waals surface area contributed by atoms with Crippen molar-refractivity contribution in [3.8, 4) is 0 Å². The van der Waals surface area contributed by atoms with Gasteiger partial charge < -0.3 is 0 Å². The molecule has 0 unspecified atom stereocenters. The lowest BCUT2D eigenvalue weighted by Crippen LogP contribution is -2.14. The molecule has 0 aromatic rings. The van der Waals surface area contributed by atoms with Crippen LogP contribution in [-0.4, -0.2) is 0 Å². The Bertz CT molecular complexity index is 180. The molecule has 1 aliphatic carbocycles. The normalized spacial score (nSPS) is 26.9. The molecule has 1 saturated carbocycles. The summed E-state index contributed by atoms with van der Waals surface area (Å²) in [6.07, 6.45) is 20.4. The summed E-state index contributed by atoms with van der Waals surface area (Å²) in [7, 11) is 0. The van der Waals surface area contributed by atoms with E-state index in [9.17, 15) is 0 Å². The average Bonchev–Trinajstić information content (AvgIpc) is 2.32. The Balaban J connectivity index is 2.08. The largest absolute Gasteiger partial charge is 0.0917 e. The summed E-state index contributed by atoms with van der Waals surface area (Å²) in [5.41, 5.74) is 0. The molecule has 0 amide bonds. The summed E-state index contributed by atoms with van der Waals surface area (Å²) in [5, 5.41) is 0. The standard InChI is InChI=1S/C16H28/c1-3-5-7-9-15-11-13-16(14-12-15)10-8-6-4-2/h3-6,15-16H,7-14H2,1-2H3/b5-3+,6-4+. The fourth-order valence-electron chi connectivity index (χ4n) is 2.81. The summed E-state index contributed by atoms with van der Waals surface area (Å²) in [6, 6.07) is 0.